The highest BCUT2D eigenvalue weighted by Gasteiger charge is 2.28. The third kappa shape index (κ3) is 6.29. The van der Waals surface area contributed by atoms with E-state index in [0.717, 1.165) is 0 Å². The number of rotatable bonds is 7. The molecule has 0 saturated carbocycles. The van der Waals surface area contributed by atoms with Crippen LogP contribution in [0.3, 0.4) is 0 Å². The van der Waals surface area contributed by atoms with Crippen LogP contribution in [0.4, 0.5) is 0 Å². The molecule has 0 aliphatic rings. The van der Waals surface area contributed by atoms with Gasteiger partial charge in [0.05, 0.1) is 13.2 Å². The van der Waals surface area contributed by atoms with Gasteiger partial charge in [0.25, 0.3) is 0 Å². The maximum atomic E-state index is 11.8. The van der Waals surface area contributed by atoms with E-state index >= 15 is 0 Å². The molecule has 0 bridgehead atoms. The van der Waals surface area contributed by atoms with E-state index in [1.165, 1.54) is 0 Å². The van der Waals surface area contributed by atoms with Gasteiger partial charge in [0.1, 0.15) is 12.8 Å². The third-order valence-corrected chi connectivity index (χ3v) is 3.12. The Kier molecular flexibility index (Phi) is 7.06. The van der Waals surface area contributed by atoms with Gasteiger partial charge in [-0.05, 0) is 13.8 Å². The summed E-state index contributed by atoms with van der Waals surface area (Å²) in [6.45, 7) is 3.56. The molecular formula is C9H15O5P. The van der Waals surface area contributed by atoms with E-state index in [-0.39, 0.29) is 19.8 Å². The monoisotopic (exact) mass is 234 g/mol. The first kappa shape index (κ1) is 14.2. The molecule has 0 rings (SSSR count). The molecule has 0 aromatic heterocycles. The zero-order valence-corrected chi connectivity index (χ0v) is 9.79. The van der Waals surface area contributed by atoms with Crippen molar-refractivity contribution in [2.75, 3.05) is 26.0 Å². The predicted molar refractivity (Wildman–Crippen MR) is 55.5 cm³/mol. The largest absolute Gasteiger partial charge is 0.466 e. The van der Waals surface area contributed by atoms with Crippen molar-refractivity contribution in [3.05, 3.63) is 0 Å². The molecule has 0 amide bonds. The van der Waals surface area contributed by atoms with Crippen molar-refractivity contribution >= 4 is 13.6 Å². The molecule has 6 heteroatoms. The minimum absolute atomic E-state index is 0.156. The topological polar surface area (TPSA) is 61.8 Å². The SMILES string of the molecule is C#CCOP(=O)(CC(=O)OCC)OCC. The summed E-state index contributed by atoms with van der Waals surface area (Å²) in [6, 6.07) is 0. The van der Waals surface area contributed by atoms with Gasteiger partial charge in [0, 0.05) is 0 Å². The number of hydrogen-bond donors (Lipinski definition) is 0. The Morgan fingerprint density at radius 3 is 2.47 bits per heavy atom. The Morgan fingerprint density at radius 2 is 2.00 bits per heavy atom. The molecule has 1 atom stereocenters. The standard InChI is InChI=1S/C9H15O5P/c1-4-7-14-15(11,13-6-3)8-9(10)12-5-2/h1H,5-8H2,2-3H3. The number of carbonyl (C=O) groups is 1. The summed E-state index contributed by atoms with van der Waals surface area (Å²) in [5, 5.41) is 0. The van der Waals surface area contributed by atoms with Crippen LogP contribution in [0, 0.1) is 12.3 Å². The predicted octanol–water partition coefficient (Wildman–Crippen LogP) is 1.43. The normalized spacial score (nSPS) is 13.9. The lowest BCUT2D eigenvalue weighted by atomic mass is 10.8. The van der Waals surface area contributed by atoms with Crippen LogP contribution in [0.25, 0.3) is 0 Å². The molecule has 0 aromatic rings. The molecule has 0 N–H and O–H groups in total. The summed E-state index contributed by atoms with van der Waals surface area (Å²) in [6.07, 6.45) is 4.55. The number of hydrogen-bond acceptors (Lipinski definition) is 5. The Hall–Kier alpha value is -0.820. The Bertz CT molecular complexity index is 281. The molecule has 5 nitrogen and oxygen atoms in total. The molecule has 0 radical (unpaired) electrons. The van der Waals surface area contributed by atoms with Crippen LogP contribution in [0.15, 0.2) is 0 Å². The fourth-order valence-electron chi connectivity index (χ4n) is 0.826. The maximum Gasteiger partial charge on any atom is 0.342 e. The first-order valence-corrected chi connectivity index (χ1v) is 6.28. The molecule has 15 heavy (non-hydrogen) atoms. The molecule has 0 aliphatic heterocycles. The third-order valence-electron chi connectivity index (χ3n) is 1.30. The smallest absolute Gasteiger partial charge is 0.342 e. The van der Waals surface area contributed by atoms with E-state index in [2.05, 4.69) is 10.7 Å². The number of terminal acetylenes is 1. The van der Waals surface area contributed by atoms with E-state index < -0.39 is 19.7 Å². The van der Waals surface area contributed by atoms with E-state index in [9.17, 15) is 9.36 Å². The summed E-state index contributed by atoms with van der Waals surface area (Å²) in [5.74, 6) is 1.54. The van der Waals surface area contributed by atoms with Gasteiger partial charge in [0.2, 0.25) is 0 Å². The van der Waals surface area contributed by atoms with Crippen molar-refractivity contribution in [3.63, 3.8) is 0 Å². The highest BCUT2D eigenvalue weighted by atomic mass is 31.2. The molecule has 0 aliphatic carbocycles. The fraction of sp³-hybridized carbons (Fsp3) is 0.667. The number of esters is 1. The highest BCUT2D eigenvalue weighted by Crippen LogP contribution is 2.47. The Labute approximate surface area is 89.6 Å². The number of carbonyl (C=O) groups excluding carboxylic acids is 1. The highest BCUT2D eigenvalue weighted by molar-refractivity contribution is 7.54. The maximum absolute atomic E-state index is 11.8. The summed E-state index contributed by atoms with van der Waals surface area (Å²) in [7, 11) is -3.44. The van der Waals surface area contributed by atoms with Crippen LogP contribution in [-0.2, 0) is 23.1 Å². The van der Waals surface area contributed by atoms with Crippen molar-refractivity contribution < 1.29 is 23.1 Å². The van der Waals surface area contributed by atoms with Crippen molar-refractivity contribution in [3.8, 4) is 12.3 Å². The lowest BCUT2D eigenvalue weighted by Gasteiger charge is -2.15. The first-order chi connectivity index (χ1) is 7.08. The molecule has 0 spiro atoms. The Balaban J connectivity index is 4.31. The molecule has 1 unspecified atom stereocenters. The fourth-order valence-corrected chi connectivity index (χ4v) is 2.15. The van der Waals surface area contributed by atoms with Gasteiger partial charge < -0.3 is 9.26 Å². The van der Waals surface area contributed by atoms with Gasteiger partial charge in [-0.3, -0.25) is 13.9 Å². The van der Waals surface area contributed by atoms with Crippen LogP contribution < -0.4 is 0 Å². The van der Waals surface area contributed by atoms with Crippen LogP contribution in [0.1, 0.15) is 13.8 Å². The van der Waals surface area contributed by atoms with Crippen LogP contribution >= 0.6 is 7.60 Å². The van der Waals surface area contributed by atoms with Crippen molar-refractivity contribution in [2.45, 2.75) is 13.8 Å². The van der Waals surface area contributed by atoms with E-state index in [0.29, 0.717) is 0 Å². The summed E-state index contributed by atoms with van der Waals surface area (Å²) in [5.41, 5.74) is 0. The van der Waals surface area contributed by atoms with Gasteiger partial charge in [-0.15, -0.1) is 6.42 Å². The molecule has 0 aromatic carbocycles. The Morgan fingerprint density at radius 1 is 1.33 bits per heavy atom. The first-order valence-electron chi connectivity index (χ1n) is 4.55. The second-order valence-electron chi connectivity index (χ2n) is 2.47. The molecule has 86 valence electrons. The van der Waals surface area contributed by atoms with Crippen molar-refractivity contribution in [2.24, 2.45) is 0 Å². The van der Waals surface area contributed by atoms with Crippen LogP contribution in [-0.4, -0.2) is 32.0 Å². The van der Waals surface area contributed by atoms with Crippen molar-refractivity contribution in [1.29, 1.82) is 0 Å². The van der Waals surface area contributed by atoms with Gasteiger partial charge in [0.15, 0.2) is 0 Å². The molecule has 0 fully saturated rings. The second kappa shape index (κ2) is 7.47. The molecule has 0 saturated heterocycles. The van der Waals surface area contributed by atoms with E-state index in [4.69, 9.17) is 15.5 Å². The minimum atomic E-state index is -3.44. The zero-order valence-electron chi connectivity index (χ0n) is 8.89. The zero-order chi connectivity index (χ0) is 11.7. The lowest BCUT2D eigenvalue weighted by Crippen LogP contribution is -2.13. The van der Waals surface area contributed by atoms with Gasteiger partial charge >= 0.3 is 13.6 Å². The van der Waals surface area contributed by atoms with Gasteiger partial charge in [-0.25, -0.2) is 0 Å². The quantitative estimate of drug-likeness (QED) is 0.379. The van der Waals surface area contributed by atoms with E-state index in [1.54, 1.807) is 13.8 Å². The second-order valence-corrected chi connectivity index (χ2v) is 4.52. The summed E-state index contributed by atoms with van der Waals surface area (Å²) >= 11 is 0. The van der Waals surface area contributed by atoms with Crippen LogP contribution in [0.2, 0.25) is 0 Å². The average Bonchev–Trinajstić information content (AvgIpc) is 2.15. The minimum Gasteiger partial charge on any atom is -0.466 e. The van der Waals surface area contributed by atoms with Crippen LogP contribution in [0.5, 0.6) is 0 Å². The van der Waals surface area contributed by atoms with E-state index in [1.807, 2.05) is 0 Å². The van der Waals surface area contributed by atoms with Crippen molar-refractivity contribution in [1.82, 2.24) is 0 Å². The van der Waals surface area contributed by atoms with Gasteiger partial charge in [-0.2, -0.15) is 0 Å². The molecule has 0 heterocycles. The summed E-state index contributed by atoms with van der Waals surface area (Å²) in [4.78, 5) is 11.1. The average molecular weight is 234 g/mol. The van der Waals surface area contributed by atoms with Gasteiger partial charge in [-0.1, -0.05) is 5.92 Å². The number of ether oxygens (including phenoxy) is 1. The lowest BCUT2D eigenvalue weighted by molar-refractivity contribution is -0.140. The molecular weight excluding hydrogens is 219 g/mol. The summed E-state index contributed by atoms with van der Waals surface area (Å²) < 4.78 is 26.2.